The van der Waals surface area contributed by atoms with Gasteiger partial charge in [-0.25, -0.2) is 4.79 Å². The van der Waals surface area contributed by atoms with Gasteiger partial charge in [0.2, 0.25) is 0 Å². The van der Waals surface area contributed by atoms with E-state index < -0.39 is 10.8 Å². The monoisotopic (exact) mass is 304 g/mol. The third kappa shape index (κ3) is 4.32. The molecule has 2 amide bonds. The second-order valence-corrected chi connectivity index (χ2v) is 5.67. The van der Waals surface area contributed by atoms with Crippen LogP contribution in [0.15, 0.2) is 53.4 Å². The number of nitrogens with one attached hydrogen (secondary N) is 2. The number of carbonyl (C=O) groups is 1. The van der Waals surface area contributed by atoms with Crippen molar-refractivity contribution in [2.24, 2.45) is 0 Å². The number of hydrogen-bond donors (Lipinski definition) is 2. The van der Waals surface area contributed by atoms with E-state index in [1.165, 1.54) is 0 Å². The van der Waals surface area contributed by atoms with Crippen molar-refractivity contribution in [3.63, 3.8) is 0 Å². The number of anilines is 2. The van der Waals surface area contributed by atoms with Crippen LogP contribution in [0.4, 0.5) is 16.2 Å². The van der Waals surface area contributed by atoms with Crippen molar-refractivity contribution in [2.45, 2.75) is 4.90 Å². The Morgan fingerprint density at radius 3 is 2.33 bits per heavy atom. The van der Waals surface area contributed by atoms with Gasteiger partial charge in [-0.2, -0.15) is 0 Å². The minimum atomic E-state index is -1.08. The van der Waals surface area contributed by atoms with Gasteiger partial charge in [0.05, 0.1) is 7.11 Å². The summed E-state index contributed by atoms with van der Waals surface area (Å²) < 4.78 is 16.5. The van der Waals surface area contributed by atoms with Crippen LogP contribution in [0.3, 0.4) is 0 Å². The minimum absolute atomic E-state index is 0.362. The standard InChI is InChI=1S/C15H16N2O3S/c1-20-13-8-6-11(7-9-13)16-15(18)17-12-4-3-5-14(10-12)21(2)19/h3-10H,1-2H3,(H2,16,17,18)/t21-/m0/s1. The lowest BCUT2D eigenvalue weighted by molar-refractivity contribution is 0.262. The van der Waals surface area contributed by atoms with Crippen LogP contribution in [0.2, 0.25) is 0 Å². The van der Waals surface area contributed by atoms with Crippen LogP contribution in [0, 0.1) is 0 Å². The molecule has 0 radical (unpaired) electrons. The number of carbonyl (C=O) groups excluding carboxylic acids is 1. The molecule has 0 aromatic heterocycles. The predicted molar refractivity (Wildman–Crippen MR) is 84.4 cm³/mol. The van der Waals surface area contributed by atoms with E-state index in [2.05, 4.69) is 10.6 Å². The Morgan fingerprint density at radius 2 is 1.71 bits per heavy atom. The lowest BCUT2D eigenvalue weighted by atomic mass is 10.3. The molecule has 2 rings (SSSR count). The van der Waals surface area contributed by atoms with Crippen LogP contribution >= 0.6 is 0 Å². The molecule has 0 heterocycles. The molecule has 0 bridgehead atoms. The largest absolute Gasteiger partial charge is 0.497 e. The van der Waals surface area contributed by atoms with E-state index in [9.17, 15) is 9.00 Å². The summed E-state index contributed by atoms with van der Waals surface area (Å²) >= 11 is 0. The van der Waals surface area contributed by atoms with Crippen molar-refractivity contribution in [1.29, 1.82) is 0 Å². The van der Waals surface area contributed by atoms with Crippen molar-refractivity contribution in [3.8, 4) is 5.75 Å². The summed E-state index contributed by atoms with van der Waals surface area (Å²) in [6, 6.07) is 13.6. The van der Waals surface area contributed by atoms with Crippen molar-refractivity contribution < 1.29 is 13.7 Å². The van der Waals surface area contributed by atoms with Gasteiger partial charge < -0.3 is 15.4 Å². The van der Waals surface area contributed by atoms with Crippen LogP contribution in [0.5, 0.6) is 5.75 Å². The molecule has 110 valence electrons. The van der Waals surface area contributed by atoms with E-state index in [0.717, 1.165) is 5.75 Å². The second kappa shape index (κ2) is 6.90. The molecule has 6 heteroatoms. The summed E-state index contributed by atoms with van der Waals surface area (Å²) in [6.45, 7) is 0. The van der Waals surface area contributed by atoms with Gasteiger partial charge in [0, 0.05) is 33.3 Å². The summed E-state index contributed by atoms with van der Waals surface area (Å²) in [7, 11) is 0.502. The Hall–Kier alpha value is -2.34. The fourth-order valence-electron chi connectivity index (χ4n) is 1.72. The van der Waals surface area contributed by atoms with Crippen molar-refractivity contribution in [2.75, 3.05) is 24.0 Å². The summed E-state index contributed by atoms with van der Waals surface area (Å²) in [5, 5.41) is 5.41. The first-order chi connectivity index (χ1) is 10.1. The zero-order chi connectivity index (χ0) is 15.2. The summed E-state index contributed by atoms with van der Waals surface area (Å²) in [4.78, 5) is 12.6. The maximum atomic E-state index is 11.9. The average molecular weight is 304 g/mol. The number of rotatable bonds is 4. The molecule has 0 saturated heterocycles. The molecule has 1 atom stereocenters. The molecule has 2 N–H and O–H groups in total. The Bertz CT molecular complexity index is 656. The molecule has 0 saturated carbocycles. The SMILES string of the molecule is COc1ccc(NC(=O)Nc2cccc([S@](C)=O)c2)cc1. The topological polar surface area (TPSA) is 67.4 Å². The maximum absolute atomic E-state index is 11.9. The molecular formula is C15H16N2O3S. The molecular weight excluding hydrogens is 288 g/mol. The smallest absolute Gasteiger partial charge is 0.323 e. The van der Waals surface area contributed by atoms with Crippen molar-refractivity contribution in [1.82, 2.24) is 0 Å². The van der Waals surface area contributed by atoms with Gasteiger partial charge >= 0.3 is 6.03 Å². The highest BCUT2D eigenvalue weighted by molar-refractivity contribution is 7.84. The fourth-order valence-corrected chi connectivity index (χ4v) is 2.28. The van der Waals surface area contributed by atoms with Crippen molar-refractivity contribution in [3.05, 3.63) is 48.5 Å². The molecule has 21 heavy (non-hydrogen) atoms. The van der Waals surface area contributed by atoms with Crippen LogP contribution in [-0.4, -0.2) is 23.6 Å². The van der Waals surface area contributed by atoms with Gasteiger partial charge in [0.15, 0.2) is 0 Å². The summed E-state index contributed by atoms with van der Waals surface area (Å²) in [5.41, 5.74) is 1.25. The van der Waals surface area contributed by atoms with Crippen molar-refractivity contribution >= 4 is 28.2 Å². The van der Waals surface area contributed by atoms with Gasteiger partial charge in [0.25, 0.3) is 0 Å². The number of methoxy groups -OCH3 is 1. The highest BCUT2D eigenvalue weighted by Gasteiger charge is 2.04. The highest BCUT2D eigenvalue weighted by atomic mass is 32.2. The molecule has 2 aromatic rings. The van der Waals surface area contributed by atoms with Gasteiger partial charge in [0.1, 0.15) is 5.75 Å². The molecule has 0 aliphatic heterocycles. The third-order valence-electron chi connectivity index (χ3n) is 2.77. The number of ether oxygens (including phenoxy) is 1. The molecule has 0 unspecified atom stereocenters. The number of benzene rings is 2. The predicted octanol–water partition coefficient (Wildman–Crippen LogP) is 3.08. The van der Waals surface area contributed by atoms with Gasteiger partial charge in [-0.15, -0.1) is 0 Å². The molecule has 0 fully saturated rings. The van der Waals surface area contributed by atoms with E-state index in [1.807, 2.05) is 0 Å². The average Bonchev–Trinajstić information content (AvgIpc) is 2.48. The lowest BCUT2D eigenvalue weighted by Gasteiger charge is -2.09. The van der Waals surface area contributed by atoms with Gasteiger partial charge in [-0.1, -0.05) is 6.07 Å². The van der Waals surface area contributed by atoms with E-state index in [-0.39, 0.29) is 6.03 Å². The summed E-state index contributed by atoms with van der Waals surface area (Å²) in [6.07, 6.45) is 1.59. The molecule has 2 aromatic carbocycles. The first-order valence-electron chi connectivity index (χ1n) is 6.24. The molecule has 0 spiro atoms. The summed E-state index contributed by atoms with van der Waals surface area (Å²) in [5.74, 6) is 0.721. The molecule has 0 aliphatic carbocycles. The maximum Gasteiger partial charge on any atom is 0.323 e. The fraction of sp³-hybridized carbons (Fsp3) is 0.133. The number of urea groups is 1. The Balaban J connectivity index is 2.00. The minimum Gasteiger partial charge on any atom is -0.497 e. The first kappa shape index (κ1) is 15.1. The van der Waals surface area contributed by atoms with E-state index >= 15 is 0 Å². The molecule has 5 nitrogen and oxygen atoms in total. The Kier molecular flexibility index (Phi) is 4.94. The van der Waals surface area contributed by atoms with Gasteiger partial charge in [-0.05, 0) is 42.5 Å². The van der Waals surface area contributed by atoms with Crippen LogP contribution < -0.4 is 15.4 Å². The van der Waals surface area contributed by atoms with E-state index in [0.29, 0.717) is 16.3 Å². The zero-order valence-corrected chi connectivity index (χ0v) is 12.6. The highest BCUT2D eigenvalue weighted by Crippen LogP contribution is 2.16. The Labute approximate surface area is 125 Å². The van der Waals surface area contributed by atoms with Gasteiger partial charge in [-0.3, -0.25) is 4.21 Å². The van der Waals surface area contributed by atoms with Crippen LogP contribution in [0.25, 0.3) is 0 Å². The Morgan fingerprint density at radius 1 is 1.05 bits per heavy atom. The van der Waals surface area contributed by atoms with E-state index in [4.69, 9.17) is 4.74 Å². The molecule has 0 aliphatic rings. The van der Waals surface area contributed by atoms with E-state index in [1.54, 1.807) is 61.9 Å². The zero-order valence-electron chi connectivity index (χ0n) is 11.8. The number of hydrogen-bond acceptors (Lipinski definition) is 3. The third-order valence-corrected chi connectivity index (χ3v) is 3.69. The first-order valence-corrected chi connectivity index (χ1v) is 7.80. The van der Waals surface area contributed by atoms with Crippen LogP contribution in [0.1, 0.15) is 0 Å². The normalized spacial score (nSPS) is 11.5. The quantitative estimate of drug-likeness (QED) is 0.912. The van der Waals surface area contributed by atoms with Crippen LogP contribution in [-0.2, 0) is 10.8 Å². The number of amides is 2. The second-order valence-electron chi connectivity index (χ2n) is 4.29. The lowest BCUT2D eigenvalue weighted by Crippen LogP contribution is -2.19.